The van der Waals surface area contributed by atoms with Crippen molar-refractivity contribution in [3.8, 4) is 0 Å². The summed E-state index contributed by atoms with van der Waals surface area (Å²) in [6.45, 7) is 0.00819. The molecule has 4 heteroatoms. The SMILES string of the molecule is OCc1ccc(Sc2ccccn2)c(Cl)c1. The molecule has 82 valence electrons. The first-order valence-corrected chi connectivity index (χ1v) is 5.97. The van der Waals surface area contributed by atoms with Gasteiger partial charge in [0, 0.05) is 11.1 Å². The van der Waals surface area contributed by atoms with Gasteiger partial charge in [-0.15, -0.1) is 0 Å². The van der Waals surface area contributed by atoms with Crippen molar-refractivity contribution in [1.29, 1.82) is 0 Å². The Morgan fingerprint density at radius 2 is 2.12 bits per heavy atom. The lowest BCUT2D eigenvalue weighted by Crippen LogP contribution is -1.84. The van der Waals surface area contributed by atoms with Crippen molar-refractivity contribution in [2.75, 3.05) is 0 Å². The van der Waals surface area contributed by atoms with Gasteiger partial charge in [-0.3, -0.25) is 0 Å². The molecule has 1 N–H and O–H groups in total. The molecule has 0 bridgehead atoms. The maximum atomic E-state index is 8.96. The monoisotopic (exact) mass is 251 g/mol. The van der Waals surface area contributed by atoms with E-state index in [2.05, 4.69) is 4.98 Å². The zero-order chi connectivity index (χ0) is 11.4. The fourth-order valence-corrected chi connectivity index (χ4v) is 2.34. The van der Waals surface area contributed by atoms with Crippen LogP contribution in [0.2, 0.25) is 5.02 Å². The number of hydrogen-bond donors (Lipinski definition) is 1. The van der Waals surface area contributed by atoms with Crippen LogP contribution in [0, 0.1) is 0 Å². The average molecular weight is 252 g/mol. The molecule has 0 saturated carbocycles. The number of benzene rings is 1. The van der Waals surface area contributed by atoms with E-state index in [4.69, 9.17) is 16.7 Å². The van der Waals surface area contributed by atoms with Gasteiger partial charge in [0.15, 0.2) is 0 Å². The number of aliphatic hydroxyl groups is 1. The Bertz CT molecular complexity index is 476. The van der Waals surface area contributed by atoms with E-state index < -0.39 is 0 Å². The number of halogens is 1. The summed E-state index contributed by atoms with van der Waals surface area (Å²) in [7, 11) is 0. The van der Waals surface area contributed by atoms with E-state index in [0.717, 1.165) is 15.5 Å². The van der Waals surface area contributed by atoms with Crippen LogP contribution in [0.4, 0.5) is 0 Å². The maximum Gasteiger partial charge on any atom is 0.101 e. The van der Waals surface area contributed by atoms with Crippen molar-refractivity contribution >= 4 is 23.4 Å². The highest BCUT2D eigenvalue weighted by molar-refractivity contribution is 7.99. The highest BCUT2D eigenvalue weighted by atomic mass is 35.5. The molecular weight excluding hydrogens is 242 g/mol. The Hall–Kier alpha value is -1.03. The minimum Gasteiger partial charge on any atom is -0.392 e. The Morgan fingerprint density at radius 3 is 2.75 bits per heavy atom. The van der Waals surface area contributed by atoms with E-state index in [0.29, 0.717) is 5.02 Å². The average Bonchev–Trinajstić information content (AvgIpc) is 2.33. The highest BCUT2D eigenvalue weighted by Gasteiger charge is 2.04. The smallest absolute Gasteiger partial charge is 0.101 e. The van der Waals surface area contributed by atoms with Crippen LogP contribution < -0.4 is 0 Å². The molecule has 0 saturated heterocycles. The summed E-state index contributed by atoms with van der Waals surface area (Å²) in [5, 5.41) is 10.5. The van der Waals surface area contributed by atoms with Crippen LogP contribution in [0.15, 0.2) is 52.5 Å². The quantitative estimate of drug-likeness (QED) is 0.908. The van der Waals surface area contributed by atoms with Crippen LogP contribution in [-0.4, -0.2) is 10.1 Å². The van der Waals surface area contributed by atoms with Gasteiger partial charge in [0.2, 0.25) is 0 Å². The largest absolute Gasteiger partial charge is 0.392 e. The van der Waals surface area contributed by atoms with Gasteiger partial charge < -0.3 is 5.11 Å². The maximum absolute atomic E-state index is 8.96. The second-order valence-electron chi connectivity index (χ2n) is 3.19. The van der Waals surface area contributed by atoms with Crippen molar-refractivity contribution in [2.24, 2.45) is 0 Å². The number of hydrogen-bond acceptors (Lipinski definition) is 3. The van der Waals surface area contributed by atoms with Gasteiger partial charge in [0.25, 0.3) is 0 Å². The summed E-state index contributed by atoms with van der Waals surface area (Å²) in [5.41, 5.74) is 0.815. The molecule has 0 aliphatic carbocycles. The second kappa shape index (κ2) is 5.34. The molecule has 0 spiro atoms. The predicted molar refractivity (Wildman–Crippen MR) is 65.7 cm³/mol. The Morgan fingerprint density at radius 1 is 1.25 bits per heavy atom. The summed E-state index contributed by atoms with van der Waals surface area (Å²) in [4.78, 5) is 5.15. The number of aliphatic hydroxyl groups excluding tert-OH is 1. The van der Waals surface area contributed by atoms with Crippen molar-refractivity contribution in [3.05, 3.63) is 53.2 Å². The molecule has 2 aromatic rings. The molecule has 16 heavy (non-hydrogen) atoms. The first-order chi connectivity index (χ1) is 7.79. The number of rotatable bonds is 3. The Balaban J connectivity index is 2.22. The molecule has 2 rings (SSSR count). The van der Waals surface area contributed by atoms with Crippen molar-refractivity contribution < 1.29 is 5.11 Å². The van der Waals surface area contributed by atoms with Gasteiger partial charge in [-0.25, -0.2) is 4.98 Å². The van der Waals surface area contributed by atoms with Gasteiger partial charge in [-0.05, 0) is 29.8 Å². The molecule has 0 aliphatic rings. The third kappa shape index (κ3) is 2.76. The predicted octanol–water partition coefficient (Wildman–Crippen LogP) is 3.38. The van der Waals surface area contributed by atoms with Gasteiger partial charge in [-0.1, -0.05) is 35.5 Å². The molecule has 0 fully saturated rings. The molecule has 2 nitrogen and oxygen atoms in total. The zero-order valence-electron chi connectivity index (χ0n) is 8.43. The summed E-state index contributed by atoms with van der Waals surface area (Å²) in [6.07, 6.45) is 1.75. The lowest BCUT2D eigenvalue weighted by Gasteiger charge is -2.04. The minimum atomic E-state index is 0.00819. The number of pyridine rings is 1. The van der Waals surface area contributed by atoms with Gasteiger partial charge >= 0.3 is 0 Å². The van der Waals surface area contributed by atoms with Crippen LogP contribution >= 0.6 is 23.4 Å². The third-order valence-corrected chi connectivity index (χ3v) is 3.48. The summed E-state index contributed by atoms with van der Waals surface area (Å²) < 4.78 is 0. The Labute approximate surface area is 103 Å². The van der Waals surface area contributed by atoms with E-state index in [1.165, 1.54) is 11.8 Å². The van der Waals surface area contributed by atoms with Crippen molar-refractivity contribution in [2.45, 2.75) is 16.5 Å². The van der Waals surface area contributed by atoms with Gasteiger partial charge in [-0.2, -0.15) is 0 Å². The standard InChI is InChI=1S/C12H10ClNOS/c13-10-7-9(8-15)4-5-11(10)16-12-3-1-2-6-14-12/h1-7,15H,8H2. The molecule has 0 unspecified atom stereocenters. The fraction of sp³-hybridized carbons (Fsp3) is 0.0833. The van der Waals surface area contributed by atoms with E-state index in [1.807, 2.05) is 30.3 Å². The normalized spacial score (nSPS) is 10.4. The number of nitrogens with zero attached hydrogens (tertiary/aromatic N) is 1. The van der Waals surface area contributed by atoms with Crippen LogP contribution in [0.5, 0.6) is 0 Å². The molecule has 1 aromatic carbocycles. The summed E-state index contributed by atoms with van der Waals surface area (Å²) >= 11 is 7.61. The van der Waals surface area contributed by atoms with Crippen LogP contribution in [0.1, 0.15) is 5.56 Å². The minimum absolute atomic E-state index is 0.00819. The summed E-state index contributed by atoms with van der Waals surface area (Å²) in [5.74, 6) is 0. The second-order valence-corrected chi connectivity index (χ2v) is 4.66. The highest BCUT2D eigenvalue weighted by Crippen LogP contribution is 2.32. The Kier molecular flexibility index (Phi) is 3.83. The molecule has 0 aliphatic heterocycles. The van der Waals surface area contributed by atoms with Crippen molar-refractivity contribution in [3.63, 3.8) is 0 Å². The van der Waals surface area contributed by atoms with E-state index in [1.54, 1.807) is 12.3 Å². The topological polar surface area (TPSA) is 33.1 Å². The molecule has 0 atom stereocenters. The number of aromatic nitrogens is 1. The van der Waals surface area contributed by atoms with E-state index >= 15 is 0 Å². The van der Waals surface area contributed by atoms with Gasteiger partial charge in [0.1, 0.15) is 5.03 Å². The summed E-state index contributed by atoms with van der Waals surface area (Å²) in [6, 6.07) is 11.3. The molecular formula is C12H10ClNOS. The first-order valence-electron chi connectivity index (χ1n) is 4.78. The fourth-order valence-electron chi connectivity index (χ4n) is 1.25. The molecule has 1 aromatic heterocycles. The van der Waals surface area contributed by atoms with Crippen molar-refractivity contribution in [1.82, 2.24) is 4.98 Å². The molecule has 0 radical (unpaired) electrons. The lowest BCUT2D eigenvalue weighted by atomic mass is 10.2. The van der Waals surface area contributed by atoms with Crippen LogP contribution in [0.3, 0.4) is 0 Å². The molecule has 0 amide bonds. The van der Waals surface area contributed by atoms with Crippen LogP contribution in [-0.2, 0) is 6.61 Å². The van der Waals surface area contributed by atoms with Crippen LogP contribution in [0.25, 0.3) is 0 Å². The lowest BCUT2D eigenvalue weighted by molar-refractivity contribution is 0.282. The van der Waals surface area contributed by atoms with E-state index in [9.17, 15) is 0 Å². The third-order valence-electron chi connectivity index (χ3n) is 2.03. The zero-order valence-corrected chi connectivity index (χ0v) is 10.0. The van der Waals surface area contributed by atoms with E-state index in [-0.39, 0.29) is 6.61 Å². The molecule has 1 heterocycles. The van der Waals surface area contributed by atoms with Gasteiger partial charge in [0.05, 0.1) is 11.6 Å². The first kappa shape index (κ1) is 11.5.